The zero-order chi connectivity index (χ0) is 24.3. The van der Waals surface area contributed by atoms with Crippen molar-refractivity contribution in [2.75, 3.05) is 26.2 Å². The molecule has 9 nitrogen and oxygen atoms in total. The second-order valence-electron chi connectivity index (χ2n) is 10.4. The molecule has 0 aromatic rings. The van der Waals surface area contributed by atoms with Gasteiger partial charge in [-0.2, -0.15) is 0 Å². The first-order valence-corrected chi connectivity index (χ1v) is 10.9. The predicted molar refractivity (Wildman–Crippen MR) is 120 cm³/mol. The van der Waals surface area contributed by atoms with Crippen LogP contribution in [0.1, 0.15) is 81.6 Å². The van der Waals surface area contributed by atoms with Crippen molar-refractivity contribution >= 4 is 18.3 Å². The fourth-order valence-corrected chi connectivity index (χ4v) is 2.33. The molecule has 0 atom stereocenters. The molecule has 0 rings (SSSR count). The summed E-state index contributed by atoms with van der Waals surface area (Å²) in [5.74, 6) is 0. The maximum absolute atomic E-state index is 12.5. The highest BCUT2D eigenvalue weighted by atomic mass is 16.6. The van der Waals surface area contributed by atoms with Gasteiger partial charge < -0.3 is 29.7 Å². The number of unbranched alkanes of at least 4 members (excludes halogenated alkanes) is 1. The Hall–Kier alpha value is -2.19. The Bertz CT molecular complexity index is 573. The molecule has 9 heteroatoms. The molecule has 0 saturated carbocycles. The van der Waals surface area contributed by atoms with Gasteiger partial charge in [-0.25, -0.2) is 14.4 Å². The van der Waals surface area contributed by atoms with Gasteiger partial charge >= 0.3 is 18.3 Å². The quantitative estimate of drug-likeness (QED) is 0.401. The standard InChI is InChI=1S/C22H43N3O6/c1-20(2,3)29-17(26)23-13-10-11-15-25(19(28)31-22(7,8)9)16-12-14-24-18(27)30-21(4,5)6/h10-16H2,1-9H3,(H,23,26)(H,24,27). The zero-order valence-corrected chi connectivity index (χ0v) is 20.8. The number of ether oxygens (including phenoxy) is 3. The van der Waals surface area contributed by atoms with Gasteiger partial charge in [0.05, 0.1) is 0 Å². The minimum atomic E-state index is -0.595. The Morgan fingerprint density at radius 2 is 1.00 bits per heavy atom. The first kappa shape index (κ1) is 28.8. The summed E-state index contributed by atoms with van der Waals surface area (Å²) in [5, 5.41) is 5.39. The Kier molecular flexibility index (Phi) is 11.7. The summed E-state index contributed by atoms with van der Waals surface area (Å²) in [4.78, 5) is 37.5. The molecule has 2 N–H and O–H groups in total. The van der Waals surface area contributed by atoms with Crippen LogP contribution in [0.3, 0.4) is 0 Å². The molecule has 0 aliphatic carbocycles. The third kappa shape index (κ3) is 18.3. The van der Waals surface area contributed by atoms with Crippen LogP contribution in [-0.2, 0) is 14.2 Å². The van der Waals surface area contributed by atoms with Gasteiger partial charge in [0, 0.05) is 26.2 Å². The lowest BCUT2D eigenvalue weighted by Crippen LogP contribution is -2.40. The fourth-order valence-electron chi connectivity index (χ4n) is 2.33. The van der Waals surface area contributed by atoms with E-state index in [0.717, 1.165) is 0 Å². The molecule has 182 valence electrons. The van der Waals surface area contributed by atoms with Gasteiger partial charge in [0.15, 0.2) is 0 Å². The zero-order valence-electron chi connectivity index (χ0n) is 20.8. The first-order valence-electron chi connectivity index (χ1n) is 10.9. The van der Waals surface area contributed by atoms with Crippen LogP contribution in [0.2, 0.25) is 0 Å². The lowest BCUT2D eigenvalue weighted by atomic mass is 10.2. The Balaban J connectivity index is 4.44. The molecule has 0 aliphatic rings. The molecule has 0 saturated heterocycles. The summed E-state index contributed by atoms with van der Waals surface area (Å²) in [5.41, 5.74) is -1.69. The SMILES string of the molecule is CC(C)(C)OC(=O)NCCCCN(CCCNC(=O)OC(C)(C)C)C(=O)OC(C)(C)C. The minimum Gasteiger partial charge on any atom is -0.444 e. The third-order valence-electron chi connectivity index (χ3n) is 3.45. The molecule has 0 radical (unpaired) electrons. The average Bonchev–Trinajstić information content (AvgIpc) is 2.51. The third-order valence-corrected chi connectivity index (χ3v) is 3.45. The molecule has 0 fully saturated rings. The van der Waals surface area contributed by atoms with E-state index in [1.807, 2.05) is 41.5 Å². The topological polar surface area (TPSA) is 106 Å². The van der Waals surface area contributed by atoms with E-state index in [2.05, 4.69) is 10.6 Å². The predicted octanol–water partition coefficient (Wildman–Crippen LogP) is 4.44. The maximum Gasteiger partial charge on any atom is 0.410 e. The van der Waals surface area contributed by atoms with Gasteiger partial charge in [-0.05, 0) is 81.6 Å². The molecule has 0 heterocycles. The Labute approximate surface area is 187 Å². The lowest BCUT2D eigenvalue weighted by Gasteiger charge is -2.27. The summed E-state index contributed by atoms with van der Waals surface area (Å²) in [6, 6.07) is 0. The maximum atomic E-state index is 12.5. The van der Waals surface area contributed by atoms with Gasteiger partial charge in [-0.1, -0.05) is 0 Å². The molecule has 0 aromatic carbocycles. The van der Waals surface area contributed by atoms with E-state index in [0.29, 0.717) is 45.4 Å². The molecule has 31 heavy (non-hydrogen) atoms. The molecule has 0 aliphatic heterocycles. The van der Waals surface area contributed by atoms with Crippen molar-refractivity contribution in [1.82, 2.24) is 15.5 Å². The van der Waals surface area contributed by atoms with Crippen LogP contribution in [0.4, 0.5) is 14.4 Å². The number of amides is 3. The summed E-state index contributed by atoms with van der Waals surface area (Å²) in [6.45, 7) is 18.0. The van der Waals surface area contributed by atoms with Crippen molar-refractivity contribution in [3.63, 3.8) is 0 Å². The number of nitrogens with zero attached hydrogens (tertiary/aromatic N) is 1. The molecular weight excluding hydrogens is 402 g/mol. The van der Waals surface area contributed by atoms with Crippen LogP contribution in [-0.4, -0.2) is 66.2 Å². The number of hydrogen-bond acceptors (Lipinski definition) is 6. The molecule has 0 bridgehead atoms. The van der Waals surface area contributed by atoms with Crippen molar-refractivity contribution in [3.8, 4) is 0 Å². The summed E-state index contributed by atoms with van der Waals surface area (Å²) in [7, 11) is 0. The number of hydrogen-bond donors (Lipinski definition) is 2. The minimum absolute atomic E-state index is 0.383. The second-order valence-corrected chi connectivity index (χ2v) is 10.4. The first-order chi connectivity index (χ1) is 14.0. The van der Waals surface area contributed by atoms with E-state index in [1.54, 1.807) is 25.7 Å². The van der Waals surface area contributed by atoms with Crippen LogP contribution in [0.25, 0.3) is 0 Å². The van der Waals surface area contributed by atoms with Crippen molar-refractivity contribution in [3.05, 3.63) is 0 Å². The lowest BCUT2D eigenvalue weighted by molar-refractivity contribution is 0.0243. The van der Waals surface area contributed by atoms with E-state index >= 15 is 0 Å². The highest BCUT2D eigenvalue weighted by Gasteiger charge is 2.22. The molecule has 3 amide bonds. The molecular formula is C22H43N3O6. The second kappa shape index (κ2) is 12.6. The average molecular weight is 446 g/mol. The van der Waals surface area contributed by atoms with Crippen LogP contribution < -0.4 is 10.6 Å². The van der Waals surface area contributed by atoms with Gasteiger partial charge in [-0.3, -0.25) is 0 Å². The normalized spacial score (nSPS) is 12.0. The molecule has 0 unspecified atom stereocenters. The van der Waals surface area contributed by atoms with E-state index in [9.17, 15) is 14.4 Å². The number of rotatable bonds is 9. The van der Waals surface area contributed by atoms with Crippen molar-refractivity contribution in [2.24, 2.45) is 0 Å². The highest BCUT2D eigenvalue weighted by molar-refractivity contribution is 5.68. The summed E-state index contributed by atoms with van der Waals surface area (Å²) in [6.07, 6.45) is 0.608. The Morgan fingerprint density at radius 1 is 0.613 bits per heavy atom. The van der Waals surface area contributed by atoms with Gasteiger partial charge in [0.1, 0.15) is 16.8 Å². The van der Waals surface area contributed by atoms with E-state index < -0.39 is 35.1 Å². The highest BCUT2D eigenvalue weighted by Crippen LogP contribution is 2.11. The van der Waals surface area contributed by atoms with Crippen molar-refractivity contribution < 1.29 is 28.6 Å². The van der Waals surface area contributed by atoms with Gasteiger partial charge in [0.2, 0.25) is 0 Å². The Morgan fingerprint density at radius 3 is 1.42 bits per heavy atom. The monoisotopic (exact) mass is 445 g/mol. The van der Waals surface area contributed by atoms with Gasteiger partial charge in [-0.15, -0.1) is 0 Å². The summed E-state index contributed by atoms with van der Waals surface area (Å²) >= 11 is 0. The number of nitrogens with one attached hydrogen (secondary N) is 2. The fraction of sp³-hybridized carbons (Fsp3) is 0.864. The van der Waals surface area contributed by atoms with Crippen LogP contribution in [0.5, 0.6) is 0 Å². The summed E-state index contributed by atoms with van der Waals surface area (Å²) < 4.78 is 15.9. The van der Waals surface area contributed by atoms with Crippen molar-refractivity contribution in [2.45, 2.75) is 98.4 Å². The van der Waals surface area contributed by atoms with Crippen LogP contribution in [0, 0.1) is 0 Å². The van der Waals surface area contributed by atoms with E-state index in [4.69, 9.17) is 14.2 Å². The van der Waals surface area contributed by atoms with Crippen LogP contribution >= 0.6 is 0 Å². The number of alkyl carbamates (subject to hydrolysis) is 2. The number of carbonyl (C=O) groups excluding carboxylic acids is 3. The van der Waals surface area contributed by atoms with Gasteiger partial charge in [0.25, 0.3) is 0 Å². The van der Waals surface area contributed by atoms with E-state index in [-0.39, 0.29) is 0 Å². The number of carbonyl (C=O) groups is 3. The largest absolute Gasteiger partial charge is 0.444 e. The van der Waals surface area contributed by atoms with Crippen LogP contribution in [0.15, 0.2) is 0 Å². The molecule has 0 spiro atoms. The molecule has 0 aromatic heterocycles. The smallest absolute Gasteiger partial charge is 0.410 e. The van der Waals surface area contributed by atoms with Crippen molar-refractivity contribution in [1.29, 1.82) is 0 Å². The van der Waals surface area contributed by atoms with E-state index in [1.165, 1.54) is 0 Å².